The van der Waals surface area contributed by atoms with Crippen LogP contribution in [0.3, 0.4) is 0 Å². The van der Waals surface area contributed by atoms with E-state index in [1.54, 1.807) is 39.0 Å². The van der Waals surface area contributed by atoms with Gasteiger partial charge in [0.2, 0.25) is 10.0 Å². The number of hydrogen-bond donors (Lipinski definition) is 2. The minimum Gasteiger partial charge on any atom is -0.495 e. The van der Waals surface area contributed by atoms with Crippen molar-refractivity contribution >= 4 is 37.5 Å². The van der Waals surface area contributed by atoms with Crippen LogP contribution in [0.5, 0.6) is 5.75 Å². The zero-order valence-corrected chi connectivity index (χ0v) is 17.4. The van der Waals surface area contributed by atoms with Crippen LogP contribution in [-0.4, -0.2) is 27.0 Å². The highest BCUT2D eigenvalue weighted by Crippen LogP contribution is 2.26. The quantitative estimate of drug-likeness (QED) is 0.740. The molecule has 0 atom stereocenters. The van der Waals surface area contributed by atoms with Crippen molar-refractivity contribution in [3.63, 3.8) is 0 Å². The molecule has 2 aromatic carbocycles. The van der Waals surface area contributed by atoms with Crippen LogP contribution in [-0.2, 0) is 10.0 Å². The molecule has 8 heteroatoms. The fraction of sp³-hybridized carbons (Fsp3) is 0.278. The molecule has 0 radical (unpaired) electrons. The molecule has 0 aromatic heterocycles. The number of benzene rings is 2. The molecule has 2 N–H and O–H groups in total. The lowest BCUT2D eigenvalue weighted by Gasteiger charge is -2.21. The highest BCUT2D eigenvalue weighted by Gasteiger charge is 2.26. The zero-order chi connectivity index (χ0) is 19.5. The summed E-state index contributed by atoms with van der Waals surface area (Å²) in [5, 5.41) is 2.74. The van der Waals surface area contributed by atoms with Gasteiger partial charge in [0.15, 0.2) is 0 Å². The summed E-state index contributed by atoms with van der Waals surface area (Å²) < 4.78 is 33.9. The van der Waals surface area contributed by atoms with Crippen LogP contribution in [0.25, 0.3) is 0 Å². The maximum atomic E-state index is 12.7. The molecule has 0 heterocycles. The van der Waals surface area contributed by atoms with Crippen molar-refractivity contribution in [2.75, 3.05) is 12.4 Å². The van der Waals surface area contributed by atoms with E-state index in [2.05, 4.69) is 26.0 Å². The molecule has 0 bridgehead atoms. The highest BCUT2D eigenvalue weighted by atomic mass is 79.9. The second-order valence-corrected chi connectivity index (χ2v) is 9.25. The molecule has 0 fully saturated rings. The van der Waals surface area contributed by atoms with Crippen molar-refractivity contribution in [2.24, 2.45) is 0 Å². The summed E-state index contributed by atoms with van der Waals surface area (Å²) in [5.41, 5.74) is 0.135. The third-order valence-corrected chi connectivity index (χ3v) is 5.51. The summed E-state index contributed by atoms with van der Waals surface area (Å²) in [5.74, 6) is -0.251. The molecule has 0 unspecified atom stereocenters. The van der Waals surface area contributed by atoms with Crippen LogP contribution in [0.2, 0.25) is 0 Å². The third-order valence-electron chi connectivity index (χ3n) is 3.24. The molecular weight excluding hydrogens is 420 g/mol. The minimum absolute atomic E-state index is 0.0863. The van der Waals surface area contributed by atoms with Gasteiger partial charge in [0, 0.05) is 21.3 Å². The Hall–Kier alpha value is -1.90. The Kier molecular flexibility index (Phi) is 6.10. The molecule has 6 nitrogen and oxygen atoms in total. The molecule has 0 saturated heterocycles. The van der Waals surface area contributed by atoms with Crippen LogP contribution in [0, 0.1) is 0 Å². The van der Waals surface area contributed by atoms with Crippen molar-refractivity contribution in [3.05, 3.63) is 52.5 Å². The van der Waals surface area contributed by atoms with Gasteiger partial charge in [-0.05, 0) is 57.2 Å². The largest absolute Gasteiger partial charge is 0.495 e. The number of rotatable bonds is 5. The minimum atomic E-state index is -3.86. The predicted octanol–water partition coefficient (Wildman–Crippen LogP) is 3.79. The molecule has 2 rings (SSSR count). The number of amides is 1. The van der Waals surface area contributed by atoms with Crippen LogP contribution in [0.4, 0.5) is 5.69 Å². The SMILES string of the molecule is COc1ccc(C(=O)Nc2cccc(Br)c2)cc1S(=O)(=O)NC(C)(C)C. The standard InChI is InChI=1S/C18H21BrN2O4S/c1-18(2,3)21-26(23,24)16-10-12(8-9-15(16)25-4)17(22)20-14-7-5-6-13(19)11-14/h5-11,21H,1-4H3,(H,20,22). The first-order chi connectivity index (χ1) is 12.0. The number of hydrogen-bond acceptors (Lipinski definition) is 4. The van der Waals surface area contributed by atoms with Gasteiger partial charge in [0.25, 0.3) is 5.91 Å². The fourth-order valence-electron chi connectivity index (χ4n) is 2.26. The number of sulfonamides is 1. The summed E-state index contributed by atoms with van der Waals surface area (Å²) >= 11 is 3.34. The summed E-state index contributed by atoms with van der Waals surface area (Å²) in [6, 6.07) is 11.4. The topological polar surface area (TPSA) is 84.5 Å². The van der Waals surface area contributed by atoms with Crippen molar-refractivity contribution in [1.82, 2.24) is 4.72 Å². The molecule has 0 saturated carbocycles. The number of halogens is 1. The lowest BCUT2D eigenvalue weighted by Crippen LogP contribution is -2.40. The summed E-state index contributed by atoms with van der Waals surface area (Å²) in [4.78, 5) is 12.4. The van der Waals surface area contributed by atoms with Gasteiger partial charge in [0.05, 0.1) is 7.11 Å². The Morgan fingerprint density at radius 1 is 1.12 bits per heavy atom. The van der Waals surface area contributed by atoms with Gasteiger partial charge < -0.3 is 10.1 Å². The number of anilines is 1. The molecule has 1 amide bonds. The number of carbonyl (C=O) groups is 1. The fourth-order valence-corrected chi connectivity index (χ4v) is 4.27. The van der Waals surface area contributed by atoms with Gasteiger partial charge in [0.1, 0.15) is 10.6 Å². The number of nitrogens with one attached hydrogen (secondary N) is 2. The summed E-state index contributed by atoms with van der Waals surface area (Å²) in [7, 11) is -2.48. The van der Waals surface area contributed by atoms with Crippen molar-refractivity contribution in [1.29, 1.82) is 0 Å². The summed E-state index contributed by atoms with van der Waals surface area (Å²) in [6.45, 7) is 5.21. The van der Waals surface area contributed by atoms with E-state index in [0.29, 0.717) is 5.69 Å². The molecule has 0 aliphatic carbocycles. The second-order valence-electron chi connectivity index (χ2n) is 6.69. The average molecular weight is 441 g/mol. The Labute approximate surface area is 162 Å². The highest BCUT2D eigenvalue weighted by molar-refractivity contribution is 9.10. The third kappa shape index (κ3) is 5.30. The molecule has 0 aliphatic heterocycles. The zero-order valence-electron chi connectivity index (χ0n) is 15.0. The van der Waals surface area contributed by atoms with E-state index >= 15 is 0 Å². The van der Waals surface area contributed by atoms with Gasteiger partial charge in [-0.2, -0.15) is 0 Å². The van der Waals surface area contributed by atoms with E-state index in [1.165, 1.54) is 25.3 Å². The lowest BCUT2D eigenvalue weighted by molar-refractivity contribution is 0.102. The van der Waals surface area contributed by atoms with Crippen LogP contribution in [0.15, 0.2) is 51.8 Å². The predicted molar refractivity (Wildman–Crippen MR) is 105 cm³/mol. The van der Waals surface area contributed by atoms with E-state index in [-0.39, 0.29) is 16.2 Å². The first kappa shape index (κ1) is 20.4. The normalized spacial score (nSPS) is 11.9. The van der Waals surface area contributed by atoms with Gasteiger partial charge in [-0.1, -0.05) is 22.0 Å². The van der Waals surface area contributed by atoms with Crippen molar-refractivity contribution in [3.8, 4) is 5.75 Å². The molecular formula is C18H21BrN2O4S. The maximum absolute atomic E-state index is 12.7. The Morgan fingerprint density at radius 3 is 2.38 bits per heavy atom. The van der Waals surface area contributed by atoms with Crippen molar-refractivity contribution in [2.45, 2.75) is 31.2 Å². The van der Waals surface area contributed by atoms with E-state index in [4.69, 9.17) is 4.74 Å². The Morgan fingerprint density at radius 2 is 1.81 bits per heavy atom. The van der Waals surface area contributed by atoms with Gasteiger partial charge in [-0.15, -0.1) is 0 Å². The Bertz CT molecular complexity index is 921. The van der Waals surface area contributed by atoms with Gasteiger partial charge in [-0.25, -0.2) is 13.1 Å². The number of methoxy groups -OCH3 is 1. The van der Waals surface area contributed by atoms with Crippen LogP contribution < -0.4 is 14.8 Å². The molecule has 26 heavy (non-hydrogen) atoms. The first-order valence-electron chi connectivity index (χ1n) is 7.81. The molecule has 0 aliphatic rings. The van der Waals surface area contributed by atoms with Crippen molar-refractivity contribution < 1.29 is 17.9 Å². The Balaban J connectivity index is 2.38. The van der Waals surface area contributed by atoms with Gasteiger partial charge in [-0.3, -0.25) is 4.79 Å². The van der Waals surface area contributed by atoms with Crippen LogP contribution >= 0.6 is 15.9 Å². The van der Waals surface area contributed by atoms with E-state index < -0.39 is 21.5 Å². The molecule has 2 aromatic rings. The summed E-state index contributed by atoms with van der Waals surface area (Å²) in [6.07, 6.45) is 0. The van der Waals surface area contributed by atoms with E-state index in [0.717, 1.165) is 4.47 Å². The number of ether oxygens (including phenoxy) is 1. The van der Waals surface area contributed by atoms with Gasteiger partial charge >= 0.3 is 0 Å². The first-order valence-corrected chi connectivity index (χ1v) is 10.1. The van der Waals surface area contributed by atoms with E-state index in [9.17, 15) is 13.2 Å². The maximum Gasteiger partial charge on any atom is 0.255 e. The van der Waals surface area contributed by atoms with E-state index in [1.807, 2.05) is 6.07 Å². The smallest absolute Gasteiger partial charge is 0.255 e. The average Bonchev–Trinajstić information content (AvgIpc) is 2.52. The second kappa shape index (κ2) is 7.77. The lowest BCUT2D eigenvalue weighted by atomic mass is 10.1. The number of carbonyl (C=O) groups excluding carboxylic acids is 1. The van der Waals surface area contributed by atoms with Crippen LogP contribution in [0.1, 0.15) is 31.1 Å². The molecule has 0 spiro atoms. The molecule has 140 valence electrons. The monoisotopic (exact) mass is 440 g/mol.